The Morgan fingerprint density at radius 3 is 0.860 bits per heavy atom. The normalized spacial score (nSPS) is 12.7. The lowest BCUT2D eigenvalue weighted by Crippen LogP contribution is -2.41. The van der Waals surface area contributed by atoms with Crippen LogP contribution in [0.15, 0.2) is 0 Å². The van der Waals surface area contributed by atoms with Gasteiger partial charge in [0.2, 0.25) is 0 Å². The first kappa shape index (κ1) is 44.1. The lowest BCUT2D eigenvalue weighted by atomic mass is 10.1. The van der Waals surface area contributed by atoms with Gasteiger partial charge in [-0.15, -0.1) is 0 Å². The predicted octanol–water partition coefficient (Wildman–Crippen LogP) is 7.27. The quantitative estimate of drug-likeness (QED) is 0.0318. The van der Waals surface area contributed by atoms with Crippen molar-refractivity contribution in [2.24, 2.45) is 0 Å². The van der Waals surface area contributed by atoms with Crippen LogP contribution in [-0.2, 0) is 23.6 Å². The molecule has 2 unspecified atom stereocenters. The van der Waals surface area contributed by atoms with Crippen LogP contribution in [0.1, 0.15) is 168 Å². The highest BCUT2D eigenvalue weighted by Crippen LogP contribution is 2.25. The standard InChI is InChI=1S/C32H62O6.H3O4P/c1-3-5-7-9-11-13-15-17-19-21-23-25-27-37-31(35)29(33)30(34)32(36)38-28-26-24-22-20-18-16-14-12-10-8-6-4-2;1-5(2,3)4/h29-30,33-34H,3-28H2,1-2H3;(H3,1,2,3,4). The van der Waals surface area contributed by atoms with Gasteiger partial charge in [-0.1, -0.05) is 155 Å². The Hall–Kier alpha value is -1.03. The summed E-state index contributed by atoms with van der Waals surface area (Å²) < 4.78 is 18.9. The zero-order valence-electron chi connectivity index (χ0n) is 27.3. The average molecular weight is 641 g/mol. The Morgan fingerprint density at radius 1 is 0.465 bits per heavy atom. The number of carbonyl (C=O) groups is 2. The van der Waals surface area contributed by atoms with Crippen molar-refractivity contribution >= 4 is 19.8 Å². The minimum atomic E-state index is -4.64. The molecule has 0 saturated carbocycles. The fourth-order valence-corrected chi connectivity index (χ4v) is 4.66. The monoisotopic (exact) mass is 640 g/mol. The van der Waals surface area contributed by atoms with Crippen molar-refractivity contribution in [1.82, 2.24) is 0 Å². The van der Waals surface area contributed by atoms with Crippen molar-refractivity contribution in [3.05, 3.63) is 0 Å². The molecule has 0 amide bonds. The molecule has 10 nitrogen and oxygen atoms in total. The van der Waals surface area contributed by atoms with E-state index < -0.39 is 32.0 Å². The fraction of sp³-hybridized carbons (Fsp3) is 0.938. The van der Waals surface area contributed by atoms with Crippen LogP contribution in [0.4, 0.5) is 0 Å². The first-order valence-electron chi connectivity index (χ1n) is 17.0. The molecule has 0 rings (SSSR count). The van der Waals surface area contributed by atoms with Crippen LogP contribution in [0, 0.1) is 0 Å². The van der Waals surface area contributed by atoms with Crippen molar-refractivity contribution in [1.29, 1.82) is 0 Å². The Bertz CT molecular complexity index is 616. The molecule has 0 radical (unpaired) electrons. The number of phosphoric acid groups is 1. The van der Waals surface area contributed by atoms with Gasteiger partial charge in [-0.05, 0) is 12.8 Å². The molecule has 5 N–H and O–H groups in total. The molecule has 0 saturated heterocycles. The van der Waals surface area contributed by atoms with Gasteiger partial charge in [0.15, 0.2) is 12.2 Å². The van der Waals surface area contributed by atoms with Crippen LogP contribution in [0.5, 0.6) is 0 Å². The first-order valence-corrected chi connectivity index (χ1v) is 18.6. The van der Waals surface area contributed by atoms with Gasteiger partial charge in [-0.3, -0.25) is 0 Å². The first-order chi connectivity index (χ1) is 20.5. The summed E-state index contributed by atoms with van der Waals surface area (Å²) in [6, 6.07) is 0. The van der Waals surface area contributed by atoms with E-state index in [9.17, 15) is 19.8 Å². The fourth-order valence-electron chi connectivity index (χ4n) is 4.66. The van der Waals surface area contributed by atoms with Crippen molar-refractivity contribution in [3.63, 3.8) is 0 Å². The molecule has 11 heteroatoms. The lowest BCUT2D eigenvalue weighted by molar-refractivity contribution is -0.173. The SMILES string of the molecule is CCCCCCCCCCCCCCOC(=O)C(O)C(O)C(=O)OCCCCCCCCCCCCCC.O=P(O)(O)O. The molecule has 43 heavy (non-hydrogen) atoms. The van der Waals surface area contributed by atoms with Crippen LogP contribution in [0.25, 0.3) is 0 Å². The molecule has 0 heterocycles. The Balaban J connectivity index is 0. The minimum absolute atomic E-state index is 0.188. The molecule has 0 bridgehead atoms. The minimum Gasteiger partial charge on any atom is -0.464 e. The molecule has 0 aliphatic heterocycles. The van der Waals surface area contributed by atoms with E-state index in [1.54, 1.807) is 0 Å². The maximum atomic E-state index is 11.9. The van der Waals surface area contributed by atoms with Gasteiger partial charge in [0.25, 0.3) is 0 Å². The molecule has 258 valence electrons. The highest BCUT2D eigenvalue weighted by atomic mass is 31.2. The van der Waals surface area contributed by atoms with Gasteiger partial charge in [0.1, 0.15) is 0 Å². The summed E-state index contributed by atoms with van der Waals surface area (Å²) in [7, 11) is -4.64. The number of hydrogen-bond donors (Lipinski definition) is 5. The second kappa shape index (κ2) is 32.4. The molecule has 2 atom stereocenters. The van der Waals surface area contributed by atoms with Gasteiger partial charge in [-0.25, -0.2) is 14.2 Å². The Morgan fingerprint density at radius 2 is 0.651 bits per heavy atom. The van der Waals surface area contributed by atoms with E-state index in [1.807, 2.05) is 0 Å². The zero-order chi connectivity index (χ0) is 32.6. The van der Waals surface area contributed by atoms with Gasteiger partial charge in [0.05, 0.1) is 13.2 Å². The van der Waals surface area contributed by atoms with E-state index in [1.165, 1.54) is 116 Å². The number of hydrogen-bond acceptors (Lipinski definition) is 7. The van der Waals surface area contributed by atoms with E-state index in [4.69, 9.17) is 28.7 Å². The van der Waals surface area contributed by atoms with Crippen molar-refractivity contribution in [2.75, 3.05) is 13.2 Å². The summed E-state index contributed by atoms with van der Waals surface area (Å²) >= 11 is 0. The van der Waals surface area contributed by atoms with Crippen molar-refractivity contribution < 1.29 is 48.5 Å². The lowest BCUT2D eigenvalue weighted by Gasteiger charge is -2.16. The largest absolute Gasteiger partial charge is 0.466 e. The van der Waals surface area contributed by atoms with Crippen LogP contribution < -0.4 is 0 Å². The molecular formula is C32H65O10P. The number of unbranched alkanes of at least 4 members (excludes halogenated alkanes) is 22. The van der Waals surface area contributed by atoms with E-state index in [-0.39, 0.29) is 13.2 Å². The van der Waals surface area contributed by atoms with Gasteiger partial charge in [-0.2, -0.15) is 0 Å². The number of esters is 2. The molecule has 0 aliphatic rings. The molecule has 0 aromatic heterocycles. The van der Waals surface area contributed by atoms with E-state index in [0.29, 0.717) is 0 Å². The summed E-state index contributed by atoms with van der Waals surface area (Å²) in [4.78, 5) is 45.4. The van der Waals surface area contributed by atoms with Crippen LogP contribution in [0.3, 0.4) is 0 Å². The molecule has 0 aliphatic carbocycles. The number of aliphatic hydroxyl groups is 2. The number of carbonyl (C=O) groups excluding carboxylic acids is 2. The maximum absolute atomic E-state index is 11.9. The van der Waals surface area contributed by atoms with E-state index in [2.05, 4.69) is 13.8 Å². The van der Waals surface area contributed by atoms with Crippen LogP contribution >= 0.6 is 7.82 Å². The highest BCUT2D eigenvalue weighted by Gasteiger charge is 2.32. The molecular weight excluding hydrogens is 575 g/mol. The number of rotatable bonds is 29. The maximum Gasteiger partial charge on any atom is 0.466 e. The summed E-state index contributed by atoms with van der Waals surface area (Å²) in [5.74, 6) is -1.94. The van der Waals surface area contributed by atoms with Crippen molar-refractivity contribution in [3.8, 4) is 0 Å². The Labute approximate surface area is 261 Å². The predicted molar refractivity (Wildman–Crippen MR) is 170 cm³/mol. The smallest absolute Gasteiger partial charge is 0.464 e. The summed E-state index contributed by atoms with van der Waals surface area (Å²) in [5.41, 5.74) is 0. The molecule has 0 fully saturated rings. The van der Waals surface area contributed by atoms with Crippen LogP contribution in [-0.4, -0.2) is 62.3 Å². The van der Waals surface area contributed by atoms with E-state index in [0.717, 1.165) is 38.5 Å². The molecule has 0 spiro atoms. The molecule has 0 aromatic carbocycles. The second-order valence-electron chi connectivity index (χ2n) is 11.5. The summed E-state index contributed by atoms with van der Waals surface area (Å²) in [5, 5.41) is 19.9. The summed E-state index contributed by atoms with van der Waals surface area (Å²) in [6.45, 7) is 4.86. The van der Waals surface area contributed by atoms with E-state index >= 15 is 0 Å². The van der Waals surface area contributed by atoms with Gasteiger partial charge >= 0.3 is 19.8 Å². The Kier molecular flexibility index (Phi) is 33.2. The second-order valence-corrected chi connectivity index (χ2v) is 12.5. The van der Waals surface area contributed by atoms with Gasteiger partial charge in [0, 0.05) is 0 Å². The summed E-state index contributed by atoms with van der Waals surface area (Å²) in [6.07, 6.45) is 25.3. The number of aliphatic hydroxyl groups excluding tert-OH is 2. The third kappa shape index (κ3) is 37.1. The number of ether oxygens (including phenoxy) is 2. The zero-order valence-corrected chi connectivity index (χ0v) is 28.2. The highest BCUT2D eigenvalue weighted by molar-refractivity contribution is 7.45. The average Bonchev–Trinajstić information content (AvgIpc) is 2.96. The topological polar surface area (TPSA) is 171 Å². The third-order valence-corrected chi connectivity index (χ3v) is 7.27. The van der Waals surface area contributed by atoms with Crippen LogP contribution in [0.2, 0.25) is 0 Å². The van der Waals surface area contributed by atoms with Crippen molar-refractivity contribution in [2.45, 2.75) is 180 Å². The van der Waals surface area contributed by atoms with Gasteiger partial charge < -0.3 is 34.4 Å². The molecule has 0 aromatic rings. The third-order valence-electron chi connectivity index (χ3n) is 7.27.